The van der Waals surface area contributed by atoms with E-state index in [2.05, 4.69) is 0 Å². The van der Waals surface area contributed by atoms with E-state index in [1.165, 1.54) is 0 Å². The molecule has 0 atom stereocenters. The fourth-order valence-corrected chi connectivity index (χ4v) is 3.07. The molecular weight excluding hydrogens is 300 g/mol. The number of benzene rings is 2. The number of carbonyl (C=O) groups excluding carboxylic acids is 1. The van der Waals surface area contributed by atoms with Crippen molar-refractivity contribution in [3.05, 3.63) is 59.7 Å². The largest absolute Gasteiger partial charge is 0.497 e. The molecule has 3 heteroatoms. The molecular formula is C21H26O3. The van der Waals surface area contributed by atoms with Gasteiger partial charge in [-0.3, -0.25) is 4.79 Å². The van der Waals surface area contributed by atoms with Gasteiger partial charge >= 0.3 is 0 Å². The minimum atomic E-state index is -0.638. The molecule has 2 rings (SSSR count). The first-order valence-corrected chi connectivity index (χ1v) is 8.07. The predicted octanol–water partition coefficient (Wildman–Crippen LogP) is 4.53. The summed E-state index contributed by atoms with van der Waals surface area (Å²) in [5, 5.41) is 0. The number of hydrogen-bond donors (Lipinski definition) is 0. The molecule has 0 radical (unpaired) electrons. The molecule has 24 heavy (non-hydrogen) atoms. The molecule has 0 aromatic heterocycles. The van der Waals surface area contributed by atoms with E-state index >= 15 is 0 Å². The smallest absolute Gasteiger partial charge is 0.152 e. The lowest BCUT2D eigenvalue weighted by molar-refractivity contribution is -0.128. The fraction of sp³-hybridized carbons (Fsp3) is 0.381. The molecule has 2 aromatic rings. The van der Waals surface area contributed by atoms with Gasteiger partial charge in [-0.05, 0) is 63.1 Å². The normalized spacial score (nSPS) is 11.9. The predicted molar refractivity (Wildman–Crippen MR) is 97.0 cm³/mol. The number of Topliss-reactive ketones (excluding diaryl/α,β-unsaturated/α-hetero) is 1. The molecule has 0 amide bonds. The molecule has 3 nitrogen and oxygen atoms in total. The van der Waals surface area contributed by atoms with Crippen molar-refractivity contribution in [1.29, 1.82) is 0 Å². The Morgan fingerprint density at radius 1 is 0.750 bits per heavy atom. The van der Waals surface area contributed by atoms with Crippen LogP contribution in [-0.4, -0.2) is 20.0 Å². The van der Waals surface area contributed by atoms with Crippen LogP contribution in [0.2, 0.25) is 0 Å². The highest BCUT2D eigenvalue weighted by molar-refractivity contribution is 5.97. The molecule has 0 unspecified atom stereocenters. The number of rotatable bonds is 6. The first kappa shape index (κ1) is 18.1. The van der Waals surface area contributed by atoms with Gasteiger partial charge in [-0.2, -0.15) is 0 Å². The van der Waals surface area contributed by atoms with E-state index in [1.807, 2.05) is 76.2 Å². The summed E-state index contributed by atoms with van der Waals surface area (Å²) in [6, 6.07) is 15.4. The highest BCUT2D eigenvalue weighted by atomic mass is 16.5. The van der Waals surface area contributed by atoms with Crippen LogP contribution in [0, 0.1) is 0 Å². The van der Waals surface area contributed by atoms with Crippen LogP contribution in [0.25, 0.3) is 0 Å². The molecule has 0 fully saturated rings. The number of ether oxygens (including phenoxy) is 2. The Hall–Kier alpha value is -2.29. The van der Waals surface area contributed by atoms with Gasteiger partial charge in [-0.25, -0.2) is 0 Å². The van der Waals surface area contributed by atoms with Crippen LogP contribution in [-0.2, 0) is 15.6 Å². The van der Waals surface area contributed by atoms with Crippen molar-refractivity contribution in [3.63, 3.8) is 0 Å². The van der Waals surface area contributed by atoms with Gasteiger partial charge in [-0.15, -0.1) is 0 Å². The van der Waals surface area contributed by atoms with Crippen LogP contribution in [0.5, 0.6) is 11.5 Å². The van der Waals surface area contributed by atoms with Crippen molar-refractivity contribution in [2.45, 2.75) is 38.5 Å². The monoisotopic (exact) mass is 326 g/mol. The fourth-order valence-electron chi connectivity index (χ4n) is 3.07. The maximum absolute atomic E-state index is 13.4. The quantitative estimate of drug-likeness (QED) is 0.782. The molecule has 2 aromatic carbocycles. The first-order valence-electron chi connectivity index (χ1n) is 8.07. The average molecular weight is 326 g/mol. The van der Waals surface area contributed by atoms with E-state index in [-0.39, 0.29) is 5.78 Å². The van der Waals surface area contributed by atoms with E-state index in [0.717, 1.165) is 22.6 Å². The van der Waals surface area contributed by atoms with Crippen LogP contribution >= 0.6 is 0 Å². The summed E-state index contributed by atoms with van der Waals surface area (Å²) in [7, 11) is 3.27. The van der Waals surface area contributed by atoms with Crippen molar-refractivity contribution in [1.82, 2.24) is 0 Å². The van der Waals surface area contributed by atoms with Gasteiger partial charge in [0.25, 0.3) is 0 Å². The van der Waals surface area contributed by atoms with Crippen LogP contribution in [0.4, 0.5) is 0 Å². The summed E-state index contributed by atoms with van der Waals surface area (Å²) in [6.45, 7) is 7.86. The van der Waals surface area contributed by atoms with Crippen molar-refractivity contribution < 1.29 is 14.3 Å². The minimum Gasteiger partial charge on any atom is -0.497 e. The second-order valence-corrected chi connectivity index (χ2v) is 7.04. The Balaban J connectivity index is 2.43. The number of ketones is 1. The van der Waals surface area contributed by atoms with E-state index in [1.54, 1.807) is 14.2 Å². The standard InChI is InChI=1S/C21H26O3/c1-20(2,15-9-7-11-17(13-15)23-5)19(22)21(3,4)16-10-8-12-18(14-16)24-6/h7-14H,1-6H3. The van der Waals surface area contributed by atoms with Crippen molar-refractivity contribution >= 4 is 5.78 Å². The van der Waals surface area contributed by atoms with Gasteiger partial charge in [0.1, 0.15) is 11.5 Å². The summed E-state index contributed by atoms with van der Waals surface area (Å²) in [6.07, 6.45) is 0. The molecule has 0 bridgehead atoms. The zero-order chi connectivity index (χ0) is 18.0. The molecule has 0 N–H and O–H groups in total. The van der Waals surface area contributed by atoms with E-state index in [9.17, 15) is 4.79 Å². The van der Waals surface area contributed by atoms with Gasteiger partial charge in [-0.1, -0.05) is 24.3 Å². The van der Waals surface area contributed by atoms with Gasteiger partial charge < -0.3 is 9.47 Å². The lowest BCUT2D eigenvalue weighted by atomic mass is 9.67. The van der Waals surface area contributed by atoms with Crippen molar-refractivity contribution in [2.75, 3.05) is 14.2 Å². The van der Waals surface area contributed by atoms with E-state index < -0.39 is 10.8 Å². The molecule has 0 saturated carbocycles. The summed E-state index contributed by atoms with van der Waals surface area (Å²) < 4.78 is 10.6. The minimum absolute atomic E-state index is 0.150. The van der Waals surface area contributed by atoms with Crippen LogP contribution < -0.4 is 9.47 Å². The van der Waals surface area contributed by atoms with Gasteiger partial charge in [0.15, 0.2) is 5.78 Å². The topological polar surface area (TPSA) is 35.5 Å². The van der Waals surface area contributed by atoms with Crippen LogP contribution in [0.3, 0.4) is 0 Å². The van der Waals surface area contributed by atoms with Crippen LogP contribution in [0.1, 0.15) is 38.8 Å². The summed E-state index contributed by atoms with van der Waals surface area (Å²) in [5.74, 6) is 1.66. The lowest BCUT2D eigenvalue weighted by Gasteiger charge is -2.34. The molecule has 0 aliphatic carbocycles. The van der Waals surface area contributed by atoms with E-state index in [4.69, 9.17) is 9.47 Å². The third-order valence-electron chi connectivity index (χ3n) is 4.72. The zero-order valence-corrected chi connectivity index (χ0v) is 15.3. The summed E-state index contributed by atoms with van der Waals surface area (Å²) in [4.78, 5) is 13.4. The summed E-state index contributed by atoms with van der Waals surface area (Å²) >= 11 is 0. The lowest BCUT2D eigenvalue weighted by Crippen LogP contribution is -2.42. The molecule has 0 spiro atoms. The second kappa shape index (κ2) is 6.68. The van der Waals surface area contributed by atoms with Crippen LogP contribution in [0.15, 0.2) is 48.5 Å². The Morgan fingerprint density at radius 2 is 1.12 bits per heavy atom. The number of hydrogen-bond acceptors (Lipinski definition) is 3. The molecule has 128 valence electrons. The van der Waals surface area contributed by atoms with Gasteiger partial charge in [0.05, 0.1) is 14.2 Å². The second-order valence-electron chi connectivity index (χ2n) is 7.04. The third kappa shape index (κ3) is 3.30. The maximum atomic E-state index is 13.4. The molecule has 0 heterocycles. The van der Waals surface area contributed by atoms with Crippen molar-refractivity contribution in [3.8, 4) is 11.5 Å². The Labute approximate surface area is 144 Å². The first-order chi connectivity index (χ1) is 11.2. The maximum Gasteiger partial charge on any atom is 0.152 e. The molecule has 0 aliphatic heterocycles. The number of carbonyl (C=O) groups is 1. The van der Waals surface area contributed by atoms with Gasteiger partial charge in [0, 0.05) is 10.8 Å². The van der Waals surface area contributed by atoms with Gasteiger partial charge in [0.2, 0.25) is 0 Å². The SMILES string of the molecule is COc1cccc(C(C)(C)C(=O)C(C)(C)c2cccc(OC)c2)c1. The molecule has 0 saturated heterocycles. The Bertz CT molecular complexity index is 668. The molecule has 0 aliphatic rings. The van der Waals surface area contributed by atoms with E-state index in [0.29, 0.717) is 0 Å². The highest BCUT2D eigenvalue weighted by Crippen LogP contribution is 2.37. The Kier molecular flexibility index (Phi) is 5.02. The highest BCUT2D eigenvalue weighted by Gasteiger charge is 2.41. The number of methoxy groups -OCH3 is 2. The Morgan fingerprint density at radius 3 is 1.46 bits per heavy atom. The summed E-state index contributed by atoms with van der Waals surface area (Å²) in [5.41, 5.74) is 0.619. The third-order valence-corrected chi connectivity index (χ3v) is 4.72. The zero-order valence-electron chi connectivity index (χ0n) is 15.3. The average Bonchev–Trinajstić information content (AvgIpc) is 2.61. The van der Waals surface area contributed by atoms with Crippen molar-refractivity contribution in [2.24, 2.45) is 0 Å².